The van der Waals surface area contributed by atoms with Gasteiger partial charge in [-0.1, -0.05) is 55.4 Å². The van der Waals surface area contributed by atoms with E-state index in [2.05, 4.69) is 16.0 Å². The number of aliphatic hydroxyl groups is 4. The van der Waals surface area contributed by atoms with Crippen LogP contribution in [0, 0.1) is 29.6 Å². The number of amides is 3. The molecule has 0 saturated heterocycles. The van der Waals surface area contributed by atoms with Crippen LogP contribution in [0.2, 0.25) is 0 Å². The van der Waals surface area contributed by atoms with Crippen LogP contribution in [0.1, 0.15) is 93.9 Å². The molecule has 0 aromatic rings. The van der Waals surface area contributed by atoms with Crippen molar-refractivity contribution in [1.29, 1.82) is 0 Å². The highest BCUT2D eigenvalue weighted by Gasteiger charge is 2.38. The zero-order chi connectivity index (χ0) is 36.6. The number of hydrogen-bond acceptors (Lipinski definition) is 11. The van der Waals surface area contributed by atoms with Crippen molar-refractivity contribution in [2.24, 2.45) is 29.6 Å². The summed E-state index contributed by atoms with van der Waals surface area (Å²) >= 11 is 0. The van der Waals surface area contributed by atoms with Crippen LogP contribution < -0.4 is 16.0 Å². The molecule has 0 aromatic carbocycles. The number of esters is 1. The van der Waals surface area contributed by atoms with Crippen molar-refractivity contribution >= 4 is 35.3 Å². The fourth-order valence-electron chi connectivity index (χ4n) is 4.76. The Hall–Kier alpha value is -2.94. The molecule has 14 heteroatoms. The van der Waals surface area contributed by atoms with Gasteiger partial charge in [-0.15, -0.1) is 0 Å². The van der Waals surface area contributed by atoms with Crippen molar-refractivity contribution in [2.45, 2.75) is 130 Å². The van der Waals surface area contributed by atoms with Crippen molar-refractivity contribution in [3.8, 4) is 0 Å². The molecule has 0 radical (unpaired) electrons. The number of nitrogens with one attached hydrogen (secondary N) is 3. The summed E-state index contributed by atoms with van der Waals surface area (Å²) in [5.74, 6) is -5.07. The van der Waals surface area contributed by atoms with Gasteiger partial charge >= 0.3 is 5.97 Å². The Balaban J connectivity index is 5.19. The number of hydrogen-bond donors (Lipinski definition) is 7. The van der Waals surface area contributed by atoms with E-state index in [1.54, 1.807) is 13.8 Å². The van der Waals surface area contributed by atoms with Gasteiger partial charge in [0.1, 0.15) is 24.4 Å². The third-order valence-electron chi connectivity index (χ3n) is 7.99. The standard InChI is InChI=1S/C33H59N3O11/c1-17(2)13-14-24(38)36-25(19(5)6)23(37)16-21(18(3)4)31(44)35-22(33(46)47-9)12-10-11-15-34-32(45)30(43)29(42)28(41)27(40)26(39)20(7)8/h17-22,25,27-30,40-43H,10-16H2,1-9H3,(H,34,45)(H,35,44)(H,36,38)/t21-,22-,25-,27?,28?,29?,30?/m0/s1. The maximum absolute atomic E-state index is 13.3. The first-order valence-corrected chi connectivity index (χ1v) is 16.5. The summed E-state index contributed by atoms with van der Waals surface area (Å²) in [6.45, 7) is 14.2. The molecule has 14 nitrogen and oxygen atoms in total. The highest BCUT2D eigenvalue weighted by atomic mass is 16.5. The minimum Gasteiger partial charge on any atom is -0.467 e. The molecule has 0 bridgehead atoms. The number of methoxy groups -OCH3 is 1. The van der Waals surface area contributed by atoms with E-state index in [4.69, 9.17) is 4.74 Å². The monoisotopic (exact) mass is 673 g/mol. The van der Waals surface area contributed by atoms with E-state index in [1.807, 2.05) is 27.7 Å². The van der Waals surface area contributed by atoms with E-state index in [0.717, 1.165) is 0 Å². The molecule has 0 saturated carbocycles. The van der Waals surface area contributed by atoms with Gasteiger partial charge in [0.15, 0.2) is 17.7 Å². The normalized spacial score (nSPS) is 16.2. The van der Waals surface area contributed by atoms with Crippen LogP contribution in [0.25, 0.3) is 0 Å². The van der Waals surface area contributed by atoms with E-state index in [1.165, 1.54) is 21.0 Å². The average molecular weight is 674 g/mol. The van der Waals surface area contributed by atoms with Crippen molar-refractivity contribution in [3.63, 3.8) is 0 Å². The lowest BCUT2D eigenvalue weighted by Crippen LogP contribution is -2.53. The molecule has 47 heavy (non-hydrogen) atoms. The Morgan fingerprint density at radius 1 is 0.702 bits per heavy atom. The predicted octanol–water partition coefficient (Wildman–Crippen LogP) is 0.408. The van der Waals surface area contributed by atoms with Gasteiger partial charge in [-0.25, -0.2) is 4.79 Å². The number of ketones is 2. The molecule has 0 aliphatic carbocycles. The molecule has 0 spiro atoms. The molecule has 0 fully saturated rings. The molecule has 7 N–H and O–H groups in total. The zero-order valence-electron chi connectivity index (χ0n) is 29.4. The van der Waals surface area contributed by atoms with Crippen molar-refractivity contribution in [1.82, 2.24) is 16.0 Å². The molecular weight excluding hydrogens is 614 g/mol. The largest absolute Gasteiger partial charge is 0.467 e. The molecule has 3 amide bonds. The van der Waals surface area contributed by atoms with Gasteiger partial charge < -0.3 is 41.1 Å². The maximum Gasteiger partial charge on any atom is 0.328 e. The lowest BCUT2D eigenvalue weighted by atomic mass is 9.85. The van der Waals surface area contributed by atoms with Crippen LogP contribution >= 0.6 is 0 Å². The molecule has 0 aliphatic rings. The Kier molecular flexibility index (Phi) is 20.5. The van der Waals surface area contributed by atoms with Crippen LogP contribution in [-0.2, 0) is 33.5 Å². The van der Waals surface area contributed by atoms with Gasteiger partial charge in [-0.3, -0.25) is 24.0 Å². The lowest BCUT2D eigenvalue weighted by Gasteiger charge is -2.27. The van der Waals surface area contributed by atoms with Gasteiger partial charge in [0.05, 0.1) is 13.2 Å². The van der Waals surface area contributed by atoms with Crippen molar-refractivity contribution < 1.29 is 53.9 Å². The van der Waals surface area contributed by atoms with E-state index in [0.29, 0.717) is 25.2 Å². The second kappa shape index (κ2) is 21.8. The van der Waals surface area contributed by atoms with Crippen LogP contribution in [0.3, 0.4) is 0 Å². The number of unbranched alkanes of at least 4 members (excludes halogenated alkanes) is 1. The molecule has 272 valence electrons. The predicted molar refractivity (Wildman–Crippen MR) is 173 cm³/mol. The fraction of sp³-hybridized carbons (Fsp3) is 0.818. The summed E-state index contributed by atoms with van der Waals surface area (Å²) in [6, 6.07) is -1.80. The Morgan fingerprint density at radius 2 is 1.28 bits per heavy atom. The maximum atomic E-state index is 13.3. The summed E-state index contributed by atoms with van der Waals surface area (Å²) in [5.41, 5.74) is 0. The summed E-state index contributed by atoms with van der Waals surface area (Å²) < 4.78 is 4.85. The van der Waals surface area contributed by atoms with Crippen molar-refractivity contribution in [3.05, 3.63) is 0 Å². The first-order chi connectivity index (χ1) is 21.8. The molecule has 7 atom stereocenters. The van der Waals surface area contributed by atoms with Crippen LogP contribution in [0.5, 0.6) is 0 Å². The summed E-state index contributed by atoms with van der Waals surface area (Å²) in [6.07, 6.45) is -6.74. The van der Waals surface area contributed by atoms with Gasteiger partial charge in [-0.05, 0) is 43.4 Å². The van der Waals surface area contributed by atoms with Crippen LogP contribution in [0.15, 0.2) is 0 Å². The average Bonchev–Trinajstić information content (AvgIpc) is 3.01. The summed E-state index contributed by atoms with van der Waals surface area (Å²) in [7, 11) is 1.17. The van der Waals surface area contributed by atoms with Gasteiger partial charge in [0, 0.05) is 31.2 Å². The van der Waals surface area contributed by atoms with Gasteiger partial charge in [-0.2, -0.15) is 0 Å². The number of rotatable bonds is 23. The quantitative estimate of drug-likeness (QED) is 0.0580. The molecule has 0 rings (SSSR count). The SMILES string of the molecule is COC(=O)[C@H](CCCCNC(=O)C(O)C(O)C(O)C(O)C(=O)C(C)C)NC(=O)[C@@H](CC(=O)[C@@H](NC(=O)CCC(C)C)C(C)C)C(C)C. The van der Waals surface area contributed by atoms with Crippen molar-refractivity contribution in [2.75, 3.05) is 13.7 Å². The first-order valence-electron chi connectivity index (χ1n) is 16.5. The molecule has 0 aliphatic heterocycles. The number of ether oxygens (including phenoxy) is 1. The van der Waals surface area contributed by atoms with Gasteiger partial charge in [0.2, 0.25) is 11.8 Å². The number of carbonyl (C=O) groups excluding carboxylic acids is 6. The van der Waals surface area contributed by atoms with Crippen LogP contribution in [0.4, 0.5) is 0 Å². The highest BCUT2D eigenvalue weighted by Crippen LogP contribution is 2.20. The Bertz CT molecular complexity index is 1030. The number of Topliss-reactive ketones (excluding diaryl/α,β-unsaturated/α-hetero) is 2. The topological polar surface area (TPSA) is 229 Å². The minimum absolute atomic E-state index is 0.00335. The third-order valence-corrected chi connectivity index (χ3v) is 7.99. The lowest BCUT2D eigenvalue weighted by molar-refractivity contribution is -0.155. The molecule has 0 heterocycles. The fourth-order valence-corrected chi connectivity index (χ4v) is 4.76. The van der Waals surface area contributed by atoms with Gasteiger partial charge in [0.25, 0.3) is 5.91 Å². The second-order valence-corrected chi connectivity index (χ2v) is 13.5. The highest BCUT2D eigenvalue weighted by molar-refractivity contribution is 5.93. The third kappa shape index (κ3) is 15.7. The Morgan fingerprint density at radius 3 is 1.77 bits per heavy atom. The van der Waals surface area contributed by atoms with E-state index >= 15 is 0 Å². The Labute approximate surface area is 278 Å². The first kappa shape index (κ1) is 44.1. The molecule has 0 aromatic heterocycles. The van der Waals surface area contributed by atoms with Crippen LogP contribution in [-0.4, -0.2) is 106 Å². The smallest absolute Gasteiger partial charge is 0.328 e. The summed E-state index contributed by atoms with van der Waals surface area (Å²) in [4.78, 5) is 75.7. The summed E-state index contributed by atoms with van der Waals surface area (Å²) in [5, 5.41) is 47.9. The zero-order valence-corrected chi connectivity index (χ0v) is 29.4. The molecule has 4 unspecified atom stereocenters. The van der Waals surface area contributed by atoms with E-state index < -0.39 is 71.9 Å². The minimum atomic E-state index is -2.12. The van der Waals surface area contributed by atoms with E-state index in [-0.39, 0.29) is 49.3 Å². The number of carbonyl (C=O) groups is 6. The second-order valence-electron chi connectivity index (χ2n) is 13.5. The molecular formula is C33H59N3O11. The van der Waals surface area contributed by atoms with E-state index in [9.17, 15) is 49.2 Å². The number of aliphatic hydroxyl groups excluding tert-OH is 4.